The highest BCUT2D eigenvalue weighted by molar-refractivity contribution is 5.95. The lowest BCUT2D eigenvalue weighted by atomic mass is 9.96. The summed E-state index contributed by atoms with van der Waals surface area (Å²) in [7, 11) is 0. The normalized spacial score (nSPS) is 17.9. The Labute approximate surface area is 139 Å². The number of carbonyl (C=O) groups is 2. The highest BCUT2D eigenvalue weighted by Gasteiger charge is 2.28. The van der Waals surface area contributed by atoms with Crippen molar-refractivity contribution in [3.05, 3.63) is 34.9 Å². The predicted octanol–water partition coefficient (Wildman–Crippen LogP) is 3.07. The van der Waals surface area contributed by atoms with Gasteiger partial charge in [0.2, 0.25) is 5.91 Å². The van der Waals surface area contributed by atoms with Gasteiger partial charge in [0.15, 0.2) is 0 Å². The number of rotatable bonds is 5. The van der Waals surface area contributed by atoms with Gasteiger partial charge in [-0.25, -0.2) is 0 Å². The lowest BCUT2D eigenvalue weighted by molar-refractivity contribution is -0.126. The number of benzene rings is 1. The van der Waals surface area contributed by atoms with E-state index in [0.29, 0.717) is 6.54 Å². The molecule has 1 aliphatic rings. The van der Waals surface area contributed by atoms with E-state index in [1.54, 1.807) is 0 Å². The first kappa shape index (κ1) is 17.5. The van der Waals surface area contributed by atoms with Crippen LogP contribution in [0.25, 0.3) is 0 Å². The van der Waals surface area contributed by atoms with Crippen LogP contribution < -0.4 is 5.32 Å². The van der Waals surface area contributed by atoms with Crippen LogP contribution in [0, 0.1) is 19.8 Å². The van der Waals surface area contributed by atoms with Crippen molar-refractivity contribution < 1.29 is 9.59 Å². The summed E-state index contributed by atoms with van der Waals surface area (Å²) in [6, 6.07) is 5.93. The largest absolute Gasteiger partial charge is 0.356 e. The van der Waals surface area contributed by atoms with Gasteiger partial charge < -0.3 is 10.2 Å². The summed E-state index contributed by atoms with van der Waals surface area (Å²) in [5.74, 6) is 0.0645. The third-order valence-electron chi connectivity index (χ3n) is 4.38. The van der Waals surface area contributed by atoms with E-state index in [9.17, 15) is 9.59 Å². The average molecular weight is 316 g/mol. The maximum atomic E-state index is 12.7. The molecule has 1 fully saturated rings. The first-order valence-corrected chi connectivity index (χ1v) is 8.66. The Balaban J connectivity index is 1.99. The van der Waals surface area contributed by atoms with Crippen LogP contribution in [-0.4, -0.2) is 36.3 Å². The molecule has 2 rings (SSSR count). The molecule has 1 N–H and O–H groups in total. The van der Waals surface area contributed by atoms with Crippen molar-refractivity contribution in [2.45, 2.75) is 46.5 Å². The van der Waals surface area contributed by atoms with Gasteiger partial charge >= 0.3 is 0 Å². The molecule has 4 nitrogen and oxygen atoms in total. The van der Waals surface area contributed by atoms with Gasteiger partial charge in [0.1, 0.15) is 0 Å². The summed E-state index contributed by atoms with van der Waals surface area (Å²) in [4.78, 5) is 26.8. The molecule has 0 spiro atoms. The number of nitrogens with zero attached hydrogens (tertiary/aromatic N) is 1. The fraction of sp³-hybridized carbons (Fsp3) is 0.579. The molecule has 1 aromatic rings. The Kier molecular flexibility index (Phi) is 6.20. The molecule has 0 saturated carbocycles. The second kappa shape index (κ2) is 8.14. The van der Waals surface area contributed by atoms with E-state index >= 15 is 0 Å². The molecule has 1 heterocycles. The predicted molar refractivity (Wildman–Crippen MR) is 92.5 cm³/mol. The molecular weight excluding hydrogens is 288 g/mol. The van der Waals surface area contributed by atoms with Gasteiger partial charge in [0.05, 0.1) is 5.92 Å². The van der Waals surface area contributed by atoms with Crippen LogP contribution in [0.1, 0.15) is 54.1 Å². The summed E-state index contributed by atoms with van der Waals surface area (Å²) in [5.41, 5.74) is 2.92. The molecule has 23 heavy (non-hydrogen) atoms. The standard InChI is InChI=1S/C19H28N2O2/c1-4-5-8-20-18(22)16-7-6-9-21(13-16)19(23)17-11-14(2)10-15(3)12-17/h10-12,16H,4-9,13H2,1-3H3,(H,20,22)/t16-/m1/s1. The Hall–Kier alpha value is -1.84. The van der Waals surface area contributed by atoms with Crippen LogP contribution in [0.4, 0.5) is 0 Å². The zero-order chi connectivity index (χ0) is 16.8. The smallest absolute Gasteiger partial charge is 0.253 e. The number of hydrogen-bond acceptors (Lipinski definition) is 2. The molecule has 0 bridgehead atoms. The molecular formula is C19H28N2O2. The van der Waals surface area contributed by atoms with Crippen molar-refractivity contribution in [1.29, 1.82) is 0 Å². The lowest BCUT2D eigenvalue weighted by Crippen LogP contribution is -2.45. The number of unbranched alkanes of at least 4 members (excludes halogenated alkanes) is 1. The molecule has 1 aliphatic heterocycles. The van der Waals surface area contributed by atoms with E-state index in [2.05, 4.69) is 18.3 Å². The summed E-state index contributed by atoms with van der Waals surface area (Å²) in [6.45, 7) is 8.12. The lowest BCUT2D eigenvalue weighted by Gasteiger charge is -2.32. The van der Waals surface area contributed by atoms with E-state index < -0.39 is 0 Å². The third kappa shape index (κ3) is 4.81. The van der Waals surface area contributed by atoms with Crippen LogP contribution in [-0.2, 0) is 4.79 Å². The van der Waals surface area contributed by atoms with Crippen LogP contribution in [0.2, 0.25) is 0 Å². The minimum Gasteiger partial charge on any atom is -0.356 e. The Morgan fingerprint density at radius 2 is 1.91 bits per heavy atom. The summed E-state index contributed by atoms with van der Waals surface area (Å²) in [6.07, 6.45) is 3.84. The minimum atomic E-state index is -0.0736. The van der Waals surface area contributed by atoms with Crippen molar-refractivity contribution in [2.75, 3.05) is 19.6 Å². The van der Waals surface area contributed by atoms with Gasteiger partial charge in [-0.2, -0.15) is 0 Å². The number of amides is 2. The van der Waals surface area contributed by atoms with Gasteiger partial charge in [0.25, 0.3) is 5.91 Å². The molecule has 0 radical (unpaired) electrons. The maximum Gasteiger partial charge on any atom is 0.253 e. The molecule has 0 aromatic heterocycles. The number of nitrogens with one attached hydrogen (secondary N) is 1. The molecule has 1 saturated heterocycles. The van der Waals surface area contributed by atoms with Crippen molar-refractivity contribution in [3.63, 3.8) is 0 Å². The summed E-state index contributed by atoms with van der Waals surface area (Å²) < 4.78 is 0. The second-order valence-corrected chi connectivity index (χ2v) is 6.61. The summed E-state index contributed by atoms with van der Waals surface area (Å²) in [5, 5.41) is 2.99. The first-order valence-electron chi connectivity index (χ1n) is 8.66. The zero-order valence-corrected chi connectivity index (χ0v) is 14.5. The second-order valence-electron chi connectivity index (χ2n) is 6.61. The van der Waals surface area contributed by atoms with E-state index in [1.165, 1.54) is 0 Å². The minimum absolute atomic E-state index is 0.0443. The maximum absolute atomic E-state index is 12.7. The van der Waals surface area contributed by atoms with E-state index in [4.69, 9.17) is 0 Å². The van der Waals surface area contributed by atoms with E-state index in [-0.39, 0.29) is 17.7 Å². The quantitative estimate of drug-likeness (QED) is 0.849. The van der Waals surface area contributed by atoms with Gasteiger partial charge in [-0.3, -0.25) is 9.59 Å². The molecule has 2 amide bonds. The van der Waals surface area contributed by atoms with Crippen LogP contribution in [0.15, 0.2) is 18.2 Å². The van der Waals surface area contributed by atoms with Gasteiger partial charge in [-0.1, -0.05) is 30.5 Å². The number of likely N-dealkylation sites (tertiary alicyclic amines) is 1. The monoisotopic (exact) mass is 316 g/mol. The fourth-order valence-corrected chi connectivity index (χ4v) is 3.19. The molecule has 126 valence electrons. The topological polar surface area (TPSA) is 49.4 Å². The van der Waals surface area contributed by atoms with Gasteiger partial charge in [0, 0.05) is 25.2 Å². The first-order chi connectivity index (χ1) is 11.0. The number of carbonyl (C=O) groups excluding carboxylic acids is 2. The van der Waals surface area contributed by atoms with Gasteiger partial charge in [-0.05, 0) is 45.2 Å². The zero-order valence-electron chi connectivity index (χ0n) is 14.5. The average Bonchev–Trinajstić information content (AvgIpc) is 2.53. The van der Waals surface area contributed by atoms with Crippen LogP contribution in [0.3, 0.4) is 0 Å². The van der Waals surface area contributed by atoms with Crippen LogP contribution in [0.5, 0.6) is 0 Å². The van der Waals surface area contributed by atoms with Gasteiger partial charge in [-0.15, -0.1) is 0 Å². The van der Waals surface area contributed by atoms with Crippen LogP contribution >= 0.6 is 0 Å². The fourth-order valence-electron chi connectivity index (χ4n) is 3.19. The molecule has 0 unspecified atom stereocenters. The van der Waals surface area contributed by atoms with Crippen molar-refractivity contribution in [1.82, 2.24) is 10.2 Å². The Morgan fingerprint density at radius 1 is 1.22 bits per heavy atom. The highest BCUT2D eigenvalue weighted by Crippen LogP contribution is 2.20. The number of hydrogen-bond donors (Lipinski definition) is 1. The van der Waals surface area contributed by atoms with Crippen molar-refractivity contribution >= 4 is 11.8 Å². The van der Waals surface area contributed by atoms with E-state index in [0.717, 1.165) is 55.5 Å². The molecule has 1 aromatic carbocycles. The molecule has 0 aliphatic carbocycles. The Morgan fingerprint density at radius 3 is 2.57 bits per heavy atom. The summed E-state index contributed by atoms with van der Waals surface area (Å²) >= 11 is 0. The highest BCUT2D eigenvalue weighted by atomic mass is 16.2. The van der Waals surface area contributed by atoms with Crippen molar-refractivity contribution in [2.24, 2.45) is 5.92 Å². The van der Waals surface area contributed by atoms with E-state index in [1.807, 2.05) is 30.9 Å². The number of aryl methyl sites for hydroxylation is 2. The Bertz CT molecular complexity index is 548. The number of piperidine rings is 1. The SMILES string of the molecule is CCCCNC(=O)[C@@H]1CCCN(C(=O)c2cc(C)cc(C)c2)C1. The molecule has 4 heteroatoms. The van der Waals surface area contributed by atoms with Crippen molar-refractivity contribution in [3.8, 4) is 0 Å². The third-order valence-corrected chi connectivity index (χ3v) is 4.38. The molecule has 1 atom stereocenters.